The van der Waals surface area contributed by atoms with E-state index in [1.165, 1.54) is 0 Å². The monoisotopic (exact) mass is 326 g/mol. The van der Waals surface area contributed by atoms with Crippen LogP contribution in [0.1, 0.15) is 10.4 Å². The van der Waals surface area contributed by atoms with Gasteiger partial charge in [-0.1, -0.05) is 56.1 Å². The number of fused-ring (bicyclic) bond motifs is 1. The molecule has 0 aromatic heterocycles. The molecule has 0 unspecified atom stereocenters. The molecule has 76 valence electrons. The molecule has 0 spiro atoms. The number of Topliss-reactive ketones (excluding diaryl/α,β-unsaturated/α-hetero) is 1. The average molecular weight is 328 g/mol. The lowest BCUT2D eigenvalue weighted by molar-refractivity contribution is 0.102. The molecular formula is C12H8Br2O. The van der Waals surface area contributed by atoms with Gasteiger partial charge in [-0.3, -0.25) is 4.79 Å². The fraction of sp³-hybridized carbons (Fsp3) is 0.0833. The van der Waals surface area contributed by atoms with Crippen molar-refractivity contribution in [2.45, 2.75) is 0 Å². The second-order valence-electron chi connectivity index (χ2n) is 3.20. The van der Waals surface area contributed by atoms with Crippen molar-refractivity contribution in [1.82, 2.24) is 0 Å². The lowest BCUT2D eigenvalue weighted by Gasteiger charge is -2.05. The molecule has 3 heteroatoms. The summed E-state index contributed by atoms with van der Waals surface area (Å²) in [5.41, 5.74) is 0.769. The van der Waals surface area contributed by atoms with Crippen molar-refractivity contribution in [3.05, 3.63) is 46.4 Å². The standard InChI is InChI=1S/C12H8Br2O/c13-7-12(15)10-5-6-11(14)9-4-2-1-3-8(9)10/h1-6H,7H2. The zero-order chi connectivity index (χ0) is 10.8. The number of hydrogen-bond donors (Lipinski definition) is 0. The van der Waals surface area contributed by atoms with Crippen molar-refractivity contribution in [3.8, 4) is 0 Å². The normalized spacial score (nSPS) is 10.5. The number of carbonyl (C=O) groups excluding carboxylic acids is 1. The first-order valence-corrected chi connectivity index (χ1v) is 6.42. The summed E-state index contributed by atoms with van der Waals surface area (Å²) in [5, 5.41) is 2.43. The Hall–Kier alpha value is -0.670. The van der Waals surface area contributed by atoms with E-state index < -0.39 is 0 Å². The Labute approximate surface area is 105 Å². The Balaban J connectivity index is 2.77. The number of benzene rings is 2. The third-order valence-electron chi connectivity index (χ3n) is 2.29. The fourth-order valence-corrected chi connectivity index (χ4v) is 2.36. The van der Waals surface area contributed by atoms with E-state index in [2.05, 4.69) is 31.9 Å². The van der Waals surface area contributed by atoms with Gasteiger partial charge in [-0.25, -0.2) is 0 Å². The topological polar surface area (TPSA) is 17.1 Å². The lowest BCUT2D eigenvalue weighted by Crippen LogP contribution is -2.00. The predicted octanol–water partition coefficient (Wildman–Crippen LogP) is 4.18. The molecule has 15 heavy (non-hydrogen) atoms. The van der Waals surface area contributed by atoms with Gasteiger partial charge in [0, 0.05) is 10.0 Å². The molecule has 0 fully saturated rings. The van der Waals surface area contributed by atoms with E-state index in [1.54, 1.807) is 0 Å². The van der Waals surface area contributed by atoms with Gasteiger partial charge in [0.25, 0.3) is 0 Å². The van der Waals surface area contributed by atoms with E-state index >= 15 is 0 Å². The minimum Gasteiger partial charge on any atom is -0.293 e. The zero-order valence-corrected chi connectivity index (χ0v) is 11.0. The minimum absolute atomic E-state index is 0.110. The quantitative estimate of drug-likeness (QED) is 0.597. The van der Waals surface area contributed by atoms with Crippen LogP contribution in [0.2, 0.25) is 0 Å². The van der Waals surface area contributed by atoms with Crippen molar-refractivity contribution >= 4 is 48.4 Å². The van der Waals surface area contributed by atoms with Gasteiger partial charge in [0.2, 0.25) is 0 Å². The van der Waals surface area contributed by atoms with Crippen LogP contribution >= 0.6 is 31.9 Å². The third-order valence-corrected chi connectivity index (χ3v) is 3.49. The van der Waals surface area contributed by atoms with Gasteiger partial charge in [0.05, 0.1) is 5.33 Å². The highest BCUT2D eigenvalue weighted by molar-refractivity contribution is 9.10. The molecule has 0 heterocycles. The molecule has 0 bridgehead atoms. The third kappa shape index (κ3) is 1.99. The Morgan fingerprint density at radius 2 is 1.73 bits per heavy atom. The predicted molar refractivity (Wildman–Crippen MR) is 69.8 cm³/mol. The number of ketones is 1. The molecule has 0 aliphatic carbocycles. The molecule has 0 saturated carbocycles. The van der Waals surface area contributed by atoms with E-state index in [-0.39, 0.29) is 5.78 Å². The van der Waals surface area contributed by atoms with Gasteiger partial charge in [-0.05, 0) is 22.9 Å². The summed E-state index contributed by atoms with van der Waals surface area (Å²) in [6.07, 6.45) is 0. The summed E-state index contributed by atoms with van der Waals surface area (Å²) in [6, 6.07) is 11.7. The van der Waals surface area contributed by atoms with Crippen LogP contribution in [-0.4, -0.2) is 11.1 Å². The Bertz CT molecular complexity index is 520. The molecule has 0 saturated heterocycles. The number of carbonyl (C=O) groups is 1. The second kappa shape index (κ2) is 4.45. The van der Waals surface area contributed by atoms with Crippen molar-refractivity contribution < 1.29 is 4.79 Å². The van der Waals surface area contributed by atoms with Crippen LogP contribution in [0.4, 0.5) is 0 Å². The van der Waals surface area contributed by atoms with E-state index in [0.29, 0.717) is 5.33 Å². The summed E-state index contributed by atoms with van der Waals surface area (Å²) in [6.45, 7) is 0. The molecular weight excluding hydrogens is 320 g/mol. The zero-order valence-electron chi connectivity index (χ0n) is 7.84. The Morgan fingerprint density at radius 1 is 1.07 bits per heavy atom. The summed E-state index contributed by atoms with van der Waals surface area (Å²) in [5.74, 6) is 0.110. The van der Waals surface area contributed by atoms with E-state index in [0.717, 1.165) is 20.8 Å². The van der Waals surface area contributed by atoms with E-state index in [4.69, 9.17) is 0 Å². The van der Waals surface area contributed by atoms with Crippen LogP contribution in [0.25, 0.3) is 10.8 Å². The number of alkyl halides is 1. The SMILES string of the molecule is O=C(CBr)c1ccc(Br)c2ccccc12. The average Bonchev–Trinajstić information content (AvgIpc) is 2.29. The molecule has 0 aliphatic heterocycles. The Kier molecular flexibility index (Phi) is 3.22. The Morgan fingerprint density at radius 3 is 2.40 bits per heavy atom. The van der Waals surface area contributed by atoms with Gasteiger partial charge >= 0.3 is 0 Å². The smallest absolute Gasteiger partial charge is 0.173 e. The van der Waals surface area contributed by atoms with Gasteiger partial charge < -0.3 is 0 Å². The van der Waals surface area contributed by atoms with Gasteiger partial charge in [0.15, 0.2) is 5.78 Å². The van der Waals surface area contributed by atoms with Crippen LogP contribution < -0.4 is 0 Å². The van der Waals surface area contributed by atoms with Gasteiger partial charge in [-0.2, -0.15) is 0 Å². The highest BCUT2D eigenvalue weighted by atomic mass is 79.9. The van der Waals surface area contributed by atoms with Crippen molar-refractivity contribution in [1.29, 1.82) is 0 Å². The molecule has 2 aromatic rings. The largest absolute Gasteiger partial charge is 0.293 e. The lowest BCUT2D eigenvalue weighted by atomic mass is 10.0. The molecule has 2 rings (SSSR count). The first-order chi connectivity index (χ1) is 7.24. The minimum atomic E-state index is 0.110. The van der Waals surface area contributed by atoms with Gasteiger partial charge in [0.1, 0.15) is 0 Å². The van der Waals surface area contributed by atoms with Crippen molar-refractivity contribution in [2.75, 3.05) is 5.33 Å². The first-order valence-electron chi connectivity index (χ1n) is 4.50. The molecule has 0 atom stereocenters. The van der Waals surface area contributed by atoms with Crippen LogP contribution in [-0.2, 0) is 0 Å². The molecule has 2 aromatic carbocycles. The van der Waals surface area contributed by atoms with Crippen LogP contribution in [0, 0.1) is 0 Å². The van der Waals surface area contributed by atoms with Crippen molar-refractivity contribution in [2.24, 2.45) is 0 Å². The maximum absolute atomic E-state index is 11.7. The number of hydrogen-bond acceptors (Lipinski definition) is 1. The fourth-order valence-electron chi connectivity index (χ4n) is 1.58. The highest BCUT2D eigenvalue weighted by Gasteiger charge is 2.09. The van der Waals surface area contributed by atoms with Gasteiger partial charge in [-0.15, -0.1) is 0 Å². The van der Waals surface area contributed by atoms with Crippen LogP contribution in [0.3, 0.4) is 0 Å². The highest BCUT2D eigenvalue weighted by Crippen LogP contribution is 2.27. The summed E-state index contributed by atoms with van der Waals surface area (Å²) in [7, 11) is 0. The van der Waals surface area contributed by atoms with Crippen LogP contribution in [0.5, 0.6) is 0 Å². The molecule has 1 nitrogen and oxygen atoms in total. The van der Waals surface area contributed by atoms with E-state index in [1.807, 2.05) is 36.4 Å². The van der Waals surface area contributed by atoms with Crippen molar-refractivity contribution in [3.63, 3.8) is 0 Å². The van der Waals surface area contributed by atoms with Crippen LogP contribution in [0.15, 0.2) is 40.9 Å². The maximum atomic E-state index is 11.7. The van der Waals surface area contributed by atoms with E-state index in [9.17, 15) is 4.79 Å². The summed E-state index contributed by atoms with van der Waals surface area (Å²) < 4.78 is 1.02. The summed E-state index contributed by atoms with van der Waals surface area (Å²) in [4.78, 5) is 11.7. The molecule has 0 radical (unpaired) electrons. The molecule has 0 amide bonds. The number of halogens is 2. The number of rotatable bonds is 2. The first kappa shape index (κ1) is 10.8. The summed E-state index contributed by atoms with van der Waals surface area (Å²) >= 11 is 6.67. The molecule has 0 aliphatic rings. The second-order valence-corrected chi connectivity index (χ2v) is 4.61. The molecule has 0 N–H and O–H groups in total. The maximum Gasteiger partial charge on any atom is 0.173 e.